The third kappa shape index (κ3) is 45.0. The highest BCUT2D eigenvalue weighted by molar-refractivity contribution is 7.47. The van der Waals surface area contributed by atoms with E-state index in [0.29, 0.717) is 13.0 Å². The van der Waals surface area contributed by atoms with Gasteiger partial charge in [-0.2, -0.15) is 0 Å². The summed E-state index contributed by atoms with van der Waals surface area (Å²) < 4.78 is 33.4. The van der Waals surface area contributed by atoms with Crippen molar-refractivity contribution < 1.29 is 42.7 Å². The summed E-state index contributed by atoms with van der Waals surface area (Å²) in [7, 11) is -4.64. The number of phosphoric acid groups is 1. The smallest absolute Gasteiger partial charge is 0.472 e. The predicted octanol–water partition coefficient (Wildman–Crippen LogP) is 13.5. The molecule has 3 unspecified atom stereocenters. The summed E-state index contributed by atoms with van der Waals surface area (Å²) in [6, 6.07) is -1.48. The van der Waals surface area contributed by atoms with Gasteiger partial charge in [0.05, 0.1) is 19.8 Å². The summed E-state index contributed by atoms with van der Waals surface area (Å²) in [5.41, 5.74) is 5.36. The Morgan fingerprint density at radius 2 is 0.951 bits per heavy atom. The zero-order valence-corrected chi connectivity index (χ0v) is 39.1. The number of carbonyl (C=O) groups excluding carboxylic acids is 1. The van der Waals surface area contributed by atoms with Gasteiger partial charge >= 0.3 is 19.8 Å². The van der Waals surface area contributed by atoms with Crippen LogP contribution in [0.4, 0.5) is 0 Å². The van der Waals surface area contributed by atoms with Crippen LogP contribution >= 0.6 is 7.82 Å². The standard InChI is InChI=1S/C50H86NO9P/c1-3-5-7-9-11-13-15-17-19-21-23-25-27-29-31-33-35-37-39-41-43-57-44-47(45-58-61(55,56)59-46-48(51)50(53)54)60-49(52)42-40-38-36-34-32-30-28-26-24-22-20-18-16-14-12-10-8-6-4-2/h6,8,11-14,17-20,24,26,30,32,47-48H,3-5,7,9-10,15-16,21-23,25,27-29,31,33-46,51H2,1-2H3,(H,53,54)(H,55,56)/b8-6-,13-11-,14-12-,19-17-,20-18-,26-24-,32-30-. The lowest BCUT2D eigenvalue weighted by atomic mass is 10.1. The molecule has 350 valence electrons. The van der Waals surface area contributed by atoms with E-state index < -0.39 is 45.1 Å². The molecule has 0 aliphatic rings. The van der Waals surface area contributed by atoms with Crippen LogP contribution in [0.5, 0.6) is 0 Å². The summed E-state index contributed by atoms with van der Waals surface area (Å²) in [4.78, 5) is 33.6. The van der Waals surface area contributed by atoms with Crippen LogP contribution in [0.15, 0.2) is 85.1 Å². The van der Waals surface area contributed by atoms with E-state index in [1.807, 2.05) is 0 Å². The van der Waals surface area contributed by atoms with Gasteiger partial charge in [0.2, 0.25) is 0 Å². The van der Waals surface area contributed by atoms with Crippen molar-refractivity contribution in [2.24, 2.45) is 5.73 Å². The summed E-state index contributed by atoms with van der Waals surface area (Å²) in [5.74, 6) is -1.82. The van der Waals surface area contributed by atoms with Gasteiger partial charge in [-0.25, -0.2) is 4.57 Å². The van der Waals surface area contributed by atoms with Gasteiger partial charge in [0.15, 0.2) is 0 Å². The lowest BCUT2D eigenvalue weighted by Crippen LogP contribution is -2.34. The number of phosphoric ester groups is 1. The number of hydrogen-bond acceptors (Lipinski definition) is 8. The molecule has 0 aromatic carbocycles. The molecule has 0 aliphatic heterocycles. The quantitative estimate of drug-likeness (QED) is 0.0233. The first-order valence-electron chi connectivity index (χ1n) is 23.6. The van der Waals surface area contributed by atoms with E-state index in [4.69, 9.17) is 29.4 Å². The second-order valence-corrected chi connectivity index (χ2v) is 17.0. The van der Waals surface area contributed by atoms with Crippen molar-refractivity contribution in [1.29, 1.82) is 0 Å². The van der Waals surface area contributed by atoms with E-state index in [2.05, 4.69) is 98.9 Å². The Hall–Kier alpha value is -2.85. The molecule has 0 rings (SSSR count). The Morgan fingerprint density at radius 1 is 0.541 bits per heavy atom. The topological polar surface area (TPSA) is 155 Å². The van der Waals surface area contributed by atoms with Gasteiger partial charge in [0.25, 0.3) is 0 Å². The highest BCUT2D eigenvalue weighted by Gasteiger charge is 2.27. The predicted molar refractivity (Wildman–Crippen MR) is 253 cm³/mol. The van der Waals surface area contributed by atoms with E-state index in [0.717, 1.165) is 77.0 Å². The van der Waals surface area contributed by atoms with Crippen molar-refractivity contribution >= 4 is 19.8 Å². The van der Waals surface area contributed by atoms with Gasteiger partial charge in [-0.1, -0.05) is 170 Å². The Bertz CT molecular complexity index is 1290. The molecule has 10 nitrogen and oxygen atoms in total. The van der Waals surface area contributed by atoms with Gasteiger partial charge in [-0.05, 0) is 89.9 Å². The van der Waals surface area contributed by atoms with E-state index >= 15 is 0 Å². The first kappa shape index (κ1) is 58.1. The third-order valence-corrected chi connectivity index (χ3v) is 10.6. The fourth-order valence-electron chi connectivity index (χ4n) is 6.01. The van der Waals surface area contributed by atoms with Crippen LogP contribution in [0.25, 0.3) is 0 Å². The fraction of sp³-hybridized carbons (Fsp3) is 0.680. The van der Waals surface area contributed by atoms with Crippen molar-refractivity contribution in [1.82, 2.24) is 0 Å². The molecule has 0 radical (unpaired) electrons. The number of carboxylic acid groups (broad SMARTS) is 1. The summed E-state index contributed by atoms with van der Waals surface area (Å²) >= 11 is 0. The second-order valence-electron chi connectivity index (χ2n) is 15.5. The highest BCUT2D eigenvalue weighted by atomic mass is 31.2. The lowest BCUT2D eigenvalue weighted by molar-refractivity contribution is -0.154. The summed E-state index contributed by atoms with van der Waals surface area (Å²) in [6.45, 7) is 3.69. The molecule has 0 amide bonds. The van der Waals surface area contributed by atoms with Crippen molar-refractivity contribution in [3.05, 3.63) is 85.1 Å². The van der Waals surface area contributed by atoms with E-state index in [9.17, 15) is 19.0 Å². The number of rotatable bonds is 44. The number of esters is 1. The average Bonchev–Trinajstić information content (AvgIpc) is 3.24. The minimum Gasteiger partial charge on any atom is -0.480 e. The number of unbranched alkanes of at least 4 members (excludes halogenated alkanes) is 16. The molecule has 0 aromatic rings. The molecule has 0 saturated heterocycles. The molecule has 61 heavy (non-hydrogen) atoms. The minimum absolute atomic E-state index is 0.00356. The average molecular weight is 876 g/mol. The van der Waals surface area contributed by atoms with E-state index in [1.165, 1.54) is 77.0 Å². The van der Waals surface area contributed by atoms with Gasteiger partial charge < -0.3 is 25.2 Å². The SMILES string of the molecule is CC/C=C\C/C=C\C/C=C\C/C=C\C/C=C\CCCCCC(=O)OC(COCCCCCCCCCCCC/C=C\C/C=C\CCCCC)COP(=O)(O)OCC(N)C(=O)O. The molecule has 3 atom stereocenters. The van der Waals surface area contributed by atoms with Crippen LogP contribution in [0.3, 0.4) is 0 Å². The van der Waals surface area contributed by atoms with Crippen LogP contribution < -0.4 is 5.73 Å². The number of ether oxygens (including phenoxy) is 2. The van der Waals surface area contributed by atoms with Crippen LogP contribution in [0, 0.1) is 0 Å². The molecule has 11 heteroatoms. The van der Waals surface area contributed by atoms with Crippen molar-refractivity contribution in [2.75, 3.05) is 26.4 Å². The van der Waals surface area contributed by atoms with Crippen LogP contribution in [0.2, 0.25) is 0 Å². The van der Waals surface area contributed by atoms with E-state index in [-0.39, 0.29) is 13.0 Å². The Kier molecular flexibility index (Phi) is 43.1. The van der Waals surface area contributed by atoms with Crippen molar-refractivity contribution in [3.63, 3.8) is 0 Å². The van der Waals surface area contributed by atoms with Gasteiger partial charge in [0.1, 0.15) is 12.1 Å². The number of carboxylic acids is 1. The van der Waals surface area contributed by atoms with Gasteiger partial charge in [0, 0.05) is 13.0 Å². The summed E-state index contributed by atoms with van der Waals surface area (Å²) in [5, 5.41) is 8.91. The number of allylic oxidation sites excluding steroid dienone is 14. The van der Waals surface area contributed by atoms with Crippen molar-refractivity contribution in [2.45, 2.75) is 193 Å². The van der Waals surface area contributed by atoms with E-state index in [1.54, 1.807) is 0 Å². The molecule has 0 aliphatic carbocycles. The molecule has 0 heterocycles. The molecule has 0 saturated carbocycles. The number of carbonyl (C=O) groups is 2. The molecular weight excluding hydrogens is 790 g/mol. The Balaban J connectivity index is 4.27. The molecule has 4 N–H and O–H groups in total. The molecule has 0 aromatic heterocycles. The van der Waals surface area contributed by atoms with Gasteiger partial charge in [-0.3, -0.25) is 18.6 Å². The first-order chi connectivity index (χ1) is 29.7. The number of aliphatic carboxylic acids is 1. The Labute approximate surface area is 371 Å². The zero-order chi connectivity index (χ0) is 44.8. The minimum atomic E-state index is -4.64. The largest absolute Gasteiger partial charge is 0.480 e. The zero-order valence-electron chi connectivity index (χ0n) is 38.2. The second kappa shape index (κ2) is 45.2. The molecular formula is C50H86NO9P. The molecule has 0 spiro atoms. The maximum absolute atomic E-state index is 12.7. The van der Waals surface area contributed by atoms with Crippen LogP contribution in [0.1, 0.15) is 181 Å². The molecule has 0 fully saturated rings. The normalized spacial score (nSPS) is 14.6. The Morgan fingerprint density at radius 3 is 1.43 bits per heavy atom. The maximum atomic E-state index is 12.7. The van der Waals surface area contributed by atoms with Crippen LogP contribution in [-0.2, 0) is 32.7 Å². The van der Waals surface area contributed by atoms with Crippen molar-refractivity contribution in [3.8, 4) is 0 Å². The number of hydrogen-bond donors (Lipinski definition) is 3. The molecule has 0 bridgehead atoms. The monoisotopic (exact) mass is 876 g/mol. The third-order valence-electron chi connectivity index (χ3n) is 9.66. The first-order valence-corrected chi connectivity index (χ1v) is 25.1. The lowest BCUT2D eigenvalue weighted by Gasteiger charge is -2.20. The maximum Gasteiger partial charge on any atom is 0.472 e. The number of nitrogens with two attached hydrogens (primary N) is 1. The van der Waals surface area contributed by atoms with Gasteiger partial charge in [-0.15, -0.1) is 0 Å². The fourth-order valence-corrected chi connectivity index (χ4v) is 6.79. The van der Waals surface area contributed by atoms with Crippen LogP contribution in [-0.4, -0.2) is 60.5 Å². The summed E-state index contributed by atoms with van der Waals surface area (Å²) in [6.07, 6.45) is 57.8. The highest BCUT2D eigenvalue weighted by Crippen LogP contribution is 2.43.